The lowest BCUT2D eigenvalue weighted by Gasteiger charge is -2.30. The van der Waals surface area contributed by atoms with Gasteiger partial charge in [0.15, 0.2) is 0 Å². The zero-order chi connectivity index (χ0) is 32.0. The van der Waals surface area contributed by atoms with Gasteiger partial charge in [0.2, 0.25) is 0 Å². The lowest BCUT2D eigenvalue weighted by molar-refractivity contribution is 0.569. The molecule has 0 radical (unpaired) electrons. The number of fused-ring (bicyclic) bond motifs is 10. The first-order valence-electron chi connectivity index (χ1n) is 16.5. The molecule has 2 aliphatic rings. The Bertz CT molecular complexity index is 2110. The van der Waals surface area contributed by atoms with Crippen LogP contribution >= 0.6 is 0 Å². The second-order valence-electron chi connectivity index (χ2n) is 15.2. The Kier molecular flexibility index (Phi) is 6.09. The summed E-state index contributed by atoms with van der Waals surface area (Å²) in [6.45, 7) is 13.7. The van der Waals surface area contributed by atoms with Crippen LogP contribution in [0.2, 0.25) is 0 Å². The third-order valence-corrected chi connectivity index (χ3v) is 10.4. The predicted molar refractivity (Wildman–Crippen MR) is 195 cm³/mol. The van der Waals surface area contributed by atoms with Crippen molar-refractivity contribution >= 4 is 5.69 Å². The minimum absolute atomic E-state index is 0.0224. The molecule has 1 heteroatoms. The third kappa shape index (κ3) is 3.94. The van der Waals surface area contributed by atoms with Crippen molar-refractivity contribution in [2.24, 2.45) is 0 Å². The number of anilines is 1. The van der Waals surface area contributed by atoms with Crippen molar-refractivity contribution in [2.45, 2.75) is 57.8 Å². The van der Waals surface area contributed by atoms with Gasteiger partial charge in [-0.05, 0) is 77.6 Å². The monoisotopic (exact) mass is 595 g/mol. The van der Waals surface area contributed by atoms with E-state index >= 15 is 0 Å². The Balaban J connectivity index is 1.40. The van der Waals surface area contributed by atoms with Crippen LogP contribution in [-0.4, -0.2) is 0 Å². The van der Waals surface area contributed by atoms with Crippen LogP contribution < -0.4 is 5.73 Å². The number of hydrogen-bond donors (Lipinski definition) is 1. The van der Waals surface area contributed by atoms with Crippen molar-refractivity contribution in [3.8, 4) is 44.5 Å². The second-order valence-corrected chi connectivity index (χ2v) is 15.2. The molecule has 8 rings (SSSR count). The molecule has 6 aromatic carbocycles. The first-order chi connectivity index (χ1) is 22.0. The standard InChI is InChI=1S/C45H41N/c1-43(2,3)29-25-28(26-30(27-29)44(4,5)6)31-18-13-20-35(42(31)46)34-19-14-24-40-41(34)36-17-9-12-23-39(36)45(40)37-21-10-7-15-32(37)33-16-8-11-22-38(33)45/h7-27H,46H2,1-6H3. The first kappa shape index (κ1) is 28.6. The molecule has 2 aliphatic carbocycles. The number of hydrogen-bond acceptors (Lipinski definition) is 1. The fourth-order valence-electron chi connectivity index (χ4n) is 8.07. The molecule has 0 saturated carbocycles. The molecule has 0 amide bonds. The van der Waals surface area contributed by atoms with E-state index in [2.05, 4.69) is 169 Å². The van der Waals surface area contributed by atoms with Crippen molar-refractivity contribution in [1.82, 2.24) is 0 Å². The van der Waals surface area contributed by atoms with E-state index in [0.717, 1.165) is 16.8 Å². The maximum Gasteiger partial charge on any atom is 0.0725 e. The van der Waals surface area contributed by atoms with Crippen molar-refractivity contribution in [3.05, 3.63) is 161 Å². The molecule has 0 heterocycles. The van der Waals surface area contributed by atoms with E-state index in [1.165, 1.54) is 66.8 Å². The summed E-state index contributed by atoms with van der Waals surface area (Å²) < 4.78 is 0. The number of rotatable bonds is 2. The van der Waals surface area contributed by atoms with E-state index in [1.54, 1.807) is 0 Å². The summed E-state index contributed by atoms with van der Waals surface area (Å²) in [5, 5.41) is 0. The summed E-state index contributed by atoms with van der Waals surface area (Å²) in [6, 6.07) is 47.4. The fourth-order valence-corrected chi connectivity index (χ4v) is 8.07. The van der Waals surface area contributed by atoms with Crippen LogP contribution in [0.3, 0.4) is 0 Å². The van der Waals surface area contributed by atoms with Gasteiger partial charge in [-0.25, -0.2) is 0 Å². The van der Waals surface area contributed by atoms with Crippen molar-refractivity contribution < 1.29 is 0 Å². The molecule has 1 spiro atoms. The Morgan fingerprint density at radius 1 is 0.413 bits per heavy atom. The van der Waals surface area contributed by atoms with Gasteiger partial charge in [-0.3, -0.25) is 0 Å². The average Bonchev–Trinajstić information content (AvgIpc) is 3.52. The Morgan fingerprint density at radius 2 is 0.826 bits per heavy atom. The molecule has 1 nitrogen and oxygen atoms in total. The zero-order valence-corrected chi connectivity index (χ0v) is 27.7. The number of para-hydroxylation sites is 1. The lowest BCUT2D eigenvalue weighted by atomic mass is 9.70. The molecule has 0 atom stereocenters. The highest BCUT2D eigenvalue weighted by atomic mass is 14.6. The highest BCUT2D eigenvalue weighted by Gasteiger charge is 2.52. The van der Waals surface area contributed by atoms with E-state index in [0.29, 0.717) is 0 Å². The maximum absolute atomic E-state index is 7.28. The maximum atomic E-state index is 7.28. The summed E-state index contributed by atoms with van der Waals surface area (Å²) in [5.74, 6) is 0. The Labute approximate surface area is 273 Å². The SMILES string of the molecule is CC(C)(C)c1cc(-c2cccc(-c3cccc4c3-c3ccccc3C43c4ccccc4-c4ccccc43)c2N)cc(C(C)(C)C)c1. The molecule has 0 fully saturated rings. The molecule has 46 heavy (non-hydrogen) atoms. The molecule has 226 valence electrons. The van der Waals surface area contributed by atoms with Gasteiger partial charge in [-0.15, -0.1) is 0 Å². The van der Waals surface area contributed by atoms with Gasteiger partial charge in [0.05, 0.1) is 5.41 Å². The van der Waals surface area contributed by atoms with Crippen LogP contribution in [0.4, 0.5) is 5.69 Å². The van der Waals surface area contributed by atoms with E-state index in [4.69, 9.17) is 5.73 Å². The molecule has 6 aromatic rings. The van der Waals surface area contributed by atoms with Gasteiger partial charge >= 0.3 is 0 Å². The highest BCUT2D eigenvalue weighted by molar-refractivity contribution is 6.02. The number of benzene rings is 6. The van der Waals surface area contributed by atoms with Gasteiger partial charge in [0, 0.05) is 16.8 Å². The summed E-state index contributed by atoms with van der Waals surface area (Å²) in [4.78, 5) is 0. The minimum atomic E-state index is -0.371. The lowest BCUT2D eigenvalue weighted by Crippen LogP contribution is -2.25. The van der Waals surface area contributed by atoms with Crippen LogP contribution in [0.5, 0.6) is 0 Å². The normalized spacial score (nSPS) is 14.1. The highest BCUT2D eigenvalue weighted by Crippen LogP contribution is 2.64. The summed E-state index contributed by atoms with van der Waals surface area (Å²) in [7, 11) is 0. The fraction of sp³-hybridized carbons (Fsp3) is 0.200. The smallest absolute Gasteiger partial charge is 0.0725 e. The third-order valence-electron chi connectivity index (χ3n) is 10.4. The Hall–Kier alpha value is -4.88. The zero-order valence-electron chi connectivity index (χ0n) is 27.7. The summed E-state index contributed by atoms with van der Waals surface area (Å²) >= 11 is 0. The molecule has 0 unspecified atom stereocenters. The van der Waals surface area contributed by atoms with Gasteiger partial charge in [-0.1, -0.05) is 169 Å². The van der Waals surface area contributed by atoms with Crippen molar-refractivity contribution in [1.29, 1.82) is 0 Å². The topological polar surface area (TPSA) is 26.0 Å². The van der Waals surface area contributed by atoms with E-state index in [9.17, 15) is 0 Å². The van der Waals surface area contributed by atoms with Crippen LogP contribution in [0, 0.1) is 0 Å². The largest absolute Gasteiger partial charge is 0.398 e. The average molecular weight is 596 g/mol. The van der Waals surface area contributed by atoms with Gasteiger partial charge in [-0.2, -0.15) is 0 Å². The van der Waals surface area contributed by atoms with Crippen LogP contribution in [0.25, 0.3) is 44.5 Å². The predicted octanol–water partition coefficient (Wildman–Crippen LogP) is 11.5. The number of nitrogens with two attached hydrogens (primary N) is 1. The van der Waals surface area contributed by atoms with Gasteiger partial charge < -0.3 is 5.73 Å². The second kappa shape index (κ2) is 9.81. The van der Waals surface area contributed by atoms with Crippen LogP contribution in [0.1, 0.15) is 74.9 Å². The molecule has 2 N–H and O–H groups in total. The van der Waals surface area contributed by atoms with Gasteiger partial charge in [0.1, 0.15) is 0 Å². The van der Waals surface area contributed by atoms with Crippen molar-refractivity contribution in [2.75, 3.05) is 5.73 Å². The summed E-state index contributed by atoms with van der Waals surface area (Å²) in [6.07, 6.45) is 0. The van der Waals surface area contributed by atoms with Crippen LogP contribution in [-0.2, 0) is 16.2 Å². The van der Waals surface area contributed by atoms with E-state index in [1.807, 2.05) is 0 Å². The van der Waals surface area contributed by atoms with E-state index in [-0.39, 0.29) is 16.2 Å². The first-order valence-corrected chi connectivity index (χ1v) is 16.5. The quantitative estimate of drug-likeness (QED) is 0.198. The molecule has 0 aliphatic heterocycles. The van der Waals surface area contributed by atoms with Crippen molar-refractivity contribution in [3.63, 3.8) is 0 Å². The summed E-state index contributed by atoms with van der Waals surface area (Å²) in [5.41, 5.74) is 25.6. The molecular formula is C45H41N. The molecule has 0 bridgehead atoms. The molecule has 0 aromatic heterocycles. The number of nitrogen functional groups attached to an aromatic ring is 1. The van der Waals surface area contributed by atoms with Gasteiger partial charge in [0.25, 0.3) is 0 Å². The Morgan fingerprint density at radius 3 is 1.39 bits per heavy atom. The van der Waals surface area contributed by atoms with Crippen LogP contribution in [0.15, 0.2) is 127 Å². The van der Waals surface area contributed by atoms with E-state index < -0.39 is 0 Å². The molecular weight excluding hydrogens is 555 g/mol. The minimum Gasteiger partial charge on any atom is -0.398 e. The molecule has 0 saturated heterocycles.